The minimum atomic E-state index is -0.970. The number of rotatable bonds is 4. The lowest BCUT2D eigenvalue weighted by Gasteiger charge is -2.41. The first-order valence-electron chi connectivity index (χ1n) is 5.48. The van der Waals surface area contributed by atoms with Gasteiger partial charge in [0, 0.05) is 0 Å². The highest BCUT2D eigenvalue weighted by Gasteiger charge is 2.54. The van der Waals surface area contributed by atoms with Gasteiger partial charge in [0.1, 0.15) is 0 Å². The van der Waals surface area contributed by atoms with Gasteiger partial charge in [-0.3, -0.25) is 4.79 Å². The van der Waals surface area contributed by atoms with E-state index in [1.165, 1.54) is 0 Å². The highest BCUT2D eigenvalue weighted by molar-refractivity contribution is 5.76. The lowest BCUT2D eigenvalue weighted by molar-refractivity contribution is -0.170. The van der Waals surface area contributed by atoms with Crippen molar-refractivity contribution in [3.05, 3.63) is 0 Å². The van der Waals surface area contributed by atoms with Crippen LogP contribution in [0.1, 0.15) is 52.4 Å². The Morgan fingerprint density at radius 2 is 1.71 bits per heavy atom. The number of aliphatic hydroxyl groups is 1. The largest absolute Gasteiger partial charge is 0.481 e. The Kier molecular flexibility index (Phi) is 3.20. The van der Waals surface area contributed by atoms with E-state index in [9.17, 15) is 15.0 Å². The highest BCUT2D eigenvalue weighted by Crippen LogP contribution is 2.48. The molecule has 0 aromatic rings. The van der Waals surface area contributed by atoms with Crippen molar-refractivity contribution in [1.82, 2.24) is 0 Å². The van der Waals surface area contributed by atoms with Gasteiger partial charge < -0.3 is 10.2 Å². The lowest BCUT2D eigenvalue weighted by atomic mass is 9.67. The predicted octanol–water partition coefficient (Wildman–Crippen LogP) is 2.18. The predicted molar refractivity (Wildman–Crippen MR) is 54.1 cm³/mol. The van der Waals surface area contributed by atoms with E-state index in [0.717, 1.165) is 12.8 Å². The molecule has 1 fully saturated rings. The van der Waals surface area contributed by atoms with Crippen molar-refractivity contribution in [3.63, 3.8) is 0 Å². The normalized spacial score (nSPS) is 21.1. The molecule has 82 valence electrons. The molecule has 0 aromatic carbocycles. The second-order valence-corrected chi connectivity index (χ2v) is 4.33. The van der Waals surface area contributed by atoms with Crippen LogP contribution in [0.25, 0.3) is 0 Å². The number of hydrogen-bond acceptors (Lipinski definition) is 2. The second-order valence-electron chi connectivity index (χ2n) is 4.33. The molecule has 0 saturated heterocycles. The number of carbonyl (C=O) groups is 1. The third-order valence-corrected chi connectivity index (χ3v) is 3.94. The van der Waals surface area contributed by atoms with E-state index in [-0.39, 0.29) is 0 Å². The van der Waals surface area contributed by atoms with E-state index in [1.54, 1.807) is 0 Å². The summed E-state index contributed by atoms with van der Waals surface area (Å²) in [5.41, 5.74) is -1.90. The summed E-state index contributed by atoms with van der Waals surface area (Å²) in [5.74, 6) is -0.841. The fraction of sp³-hybridized carbons (Fsp3) is 0.909. The molecular weight excluding hydrogens is 180 g/mol. The molecule has 14 heavy (non-hydrogen) atoms. The average Bonchev–Trinajstić information content (AvgIpc) is 2.55. The Labute approximate surface area is 85.1 Å². The maximum atomic E-state index is 11.3. The number of aliphatic carboxylic acids is 1. The van der Waals surface area contributed by atoms with E-state index in [0.29, 0.717) is 25.7 Å². The van der Waals surface area contributed by atoms with Crippen molar-refractivity contribution in [2.45, 2.75) is 58.0 Å². The second kappa shape index (κ2) is 3.89. The fourth-order valence-electron chi connectivity index (χ4n) is 2.85. The molecular formula is C11H20O3. The Balaban J connectivity index is 3.01. The zero-order valence-corrected chi connectivity index (χ0v) is 9.05. The van der Waals surface area contributed by atoms with Gasteiger partial charge >= 0.3 is 5.97 Å². The summed E-state index contributed by atoms with van der Waals surface area (Å²) in [5, 5.41) is 19.7. The lowest BCUT2D eigenvalue weighted by Crippen LogP contribution is -2.51. The molecule has 0 aromatic heterocycles. The molecule has 0 atom stereocenters. The van der Waals surface area contributed by atoms with Crippen molar-refractivity contribution in [2.24, 2.45) is 5.41 Å². The van der Waals surface area contributed by atoms with Crippen molar-refractivity contribution < 1.29 is 15.0 Å². The third-order valence-electron chi connectivity index (χ3n) is 3.94. The van der Waals surface area contributed by atoms with Crippen LogP contribution >= 0.6 is 0 Å². The minimum Gasteiger partial charge on any atom is -0.481 e. The van der Waals surface area contributed by atoms with Gasteiger partial charge in [-0.2, -0.15) is 0 Å². The summed E-state index contributed by atoms with van der Waals surface area (Å²) in [4.78, 5) is 11.3. The summed E-state index contributed by atoms with van der Waals surface area (Å²) in [7, 11) is 0. The monoisotopic (exact) mass is 200 g/mol. The smallest absolute Gasteiger partial charge is 0.312 e. The van der Waals surface area contributed by atoms with Crippen molar-refractivity contribution in [1.29, 1.82) is 0 Å². The molecule has 1 saturated carbocycles. The van der Waals surface area contributed by atoms with Crippen molar-refractivity contribution in [2.75, 3.05) is 0 Å². The molecule has 3 heteroatoms. The number of carboxylic acids is 1. The van der Waals surface area contributed by atoms with E-state index in [2.05, 4.69) is 0 Å². The Morgan fingerprint density at radius 3 is 2.00 bits per heavy atom. The first-order chi connectivity index (χ1) is 6.52. The van der Waals surface area contributed by atoms with E-state index >= 15 is 0 Å². The van der Waals surface area contributed by atoms with E-state index in [1.807, 2.05) is 13.8 Å². The highest BCUT2D eigenvalue weighted by atomic mass is 16.4. The van der Waals surface area contributed by atoms with Gasteiger partial charge in [-0.1, -0.05) is 26.7 Å². The molecule has 2 N–H and O–H groups in total. The van der Waals surface area contributed by atoms with Crippen LogP contribution in [0, 0.1) is 5.41 Å². The van der Waals surface area contributed by atoms with E-state index in [4.69, 9.17) is 0 Å². The molecule has 1 aliphatic carbocycles. The van der Waals surface area contributed by atoms with Crippen LogP contribution in [0.2, 0.25) is 0 Å². The van der Waals surface area contributed by atoms with Crippen LogP contribution in [0.5, 0.6) is 0 Å². The number of carboxylic acid groups (broad SMARTS) is 1. The first-order valence-corrected chi connectivity index (χ1v) is 5.48. The van der Waals surface area contributed by atoms with Crippen LogP contribution in [0.4, 0.5) is 0 Å². The maximum absolute atomic E-state index is 11.3. The van der Waals surface area contributed by atoms with Crippen LogP contribution in [-0.2, 0) is 4.79 Å². The standard InChI is InChI=1S/C11H20O3/c1-3-10(4-2,9(12)13)11(14)7-5-6-8-11/h14H,3-8H2,1-2H3,(H,12,13). The van der Waals surface area contributed by atoms with Crippen LogP contribution in [0.3, 0.4) is 0 Å². The zero-order valence-electron chi connectivity index (χ0n) is 9.05. The molecule has 0 heterocycles. The Bertz CT molecular complexity index is 213. The minimum absolute atomic E-state index is 0.509. The van der Waals surface area contributed by atoms with Gasteiger partial charge in [0.15, 0.2) is 0 Å². The zero-order chi connectivity index (χ0) is 10.8. The molecule has 1 rings (SSSR count). The van der Waals surface area contributed by atoms with Crippen LogP contribution < -0.4 is 0 Å². The quantitative estimate of drug-likeness (QED) is 0.731. The van der Waals surface area contributed by atoms with Crippen molar-refractivity contribution in [3.8, 4) is 0 Å². The van der Waals surface area contributed by atoms with Crippen LogP contribution in [0.15, 0.2) is 0 Å². The summed E-state index contributed by atoms with van der Waals surface area (Å²) in [6.07, 6.45) is 4.20. The van der Waals surface area contributed by atoms with Gasteiger partial charge in [0.2, 0.25) is 0 Å². The maximum Gasteiger partial charge on any atom is 0.312 e. The molecule has 0 aliphatic heterocycles. The topological polar surface area (TPSA) is 57.5 Å². The SMILES string of the molecule is CCC(CC)(C(=O)O)C1(O)CCCC1. The third kappa shape index (κ3) is 1.44. The van der Waals surface area contributed by atoms with Gasteiger partial charge in [0.05, 0.1) is 11.0 Å². The molecule has 0 bridgehead atoms. The van der Waals surface area contributed by atoms with Crippen molar-refractivity contribution >= 4 is 5.97 Å². The van der Waals surface area contributed by atoms with Gasteiger partial charge in [-0.05, 0) is 25.7 Å². The summed E-state index contributed by atoms with van der Waals surface area (Å²) >= 11 is 0. The summed E-state index contributed by atoms with van der Waals surface area (Å²) < 4.78 is 0. The molecule has 0 spiro atoms. The average molecular weight is 200 g/mol. The number of hydrogen-bond donors (Lipinski definition) is 2. The molecule has 1 aliphatic rings. The summed E-state index contributed by atoms with van der Waals surface area (Å²) in [6.45, 7) is 3.71. The molecule has 0 unspecified atom stereocenters. The van der Waals surface area contributed by atoms with E-state index < -0.39 is 17.0 Å². The van der Waals surface area contributed by atoms with Crippen LogP contribution in [-0.4, -0.2) is 21.8 Å². The Hall–Kier alpha value is -0.570. The fourth-order valence-corrected chi connectivity index (χ4v) is 2.85. The molecule has 0 amide bonds. The summed E-state index contributed by atoms with van der Waals surface area (Å²) in [6, 6.07) is 0. The van der Waals surface area contributed by atoms with Gasteiger partial charge in [0.25, 0.3) is 0 Å². The van der Waals surface area contributed by atoms with Gasteiger partial charge in [-0.15, -0.1) is 0 Å². The Morgan fingerprint density at radius 1 is 1.29 bits per heavy atom. The molecule has 3 nitrogen and oxygen atoms in total. The molecule has 0 radical (unpaired) electrons. The first kappa shape index (κ1) is 11.5. The van der Waals surface area contributed by atoms with Gasteiger partial charge in [-0.25, -0.2) is 0 Å².